The molecule has 0 amide bonds. The van der Waals surface area contributed by atoms with Crippen LogP contribution in [-0.4, -0.2) is 37.8 Å². The fourth-order valence-electron chi connectivity index (χ4n) is 1.47. The van der Waals surface area contributed by atoms with Gasteiger partial charge in [0.1, 0.15) is 0 Å². The Labute approximate surface area is 106 Å². The standard InChI is InChI=1S/C13H29NOS/c1-12(2)6-7-13(3)14-8-11-16-10-5-9-15-4/h12-14H,5-11H2,1-4H3. The summed E-state index contributed by atoms with van der Waals surface area (Å²) in [5.41, 5.74) is 0. The van der Waals surface area contributed by atoms with E-state index in [-0.39, 0.29) is 0 Å². The SMILES string of the molecule is COCCCSCCNC(C)CCC(C)C. The van der Waals surface area contributed by atoms with Crippen LogP contribution in [0, 0.1) is 5.92 Å². The molecule has 0 aromatic heterocycles. The van der Waals surface area contributed by atoms with Crippen molar-refractivity contribution in [3.63, 3.8) is 0 Å². The van der Waals surface area contributed by atoms with Crippen LogP contribution in [0.25, 0.3) is 0 Å². The topological polar surface area (TPSA) is 21.3 Å². The summed E-state index contributed by atoms with van der Waals surface area (Å²) in [6.07, 6.45) is 3.80. The van der Waals surface area contributed by atoms with Crippen LogP contribution in [0.2, 0.25) is 0 Å². The molecule has 0 saturated carbocycles. The molecule has 98 valence electrons. The van der Waals surface area contributed by atoms with E-state index in [2.05, 4.69) is 26.1 Å². The van der Waals surface area contributed by atoms with Crippen LogP contribution in [0.1, 0.15) is 40.0 Å². The molecule has 0 rings (SSSR count). The summed E-state index contributed by atoms with van der Waals surface area (Å²) in [6, 6.07) is 0.668. The van der Waals surface area contributed by atoms with E-state index in [0.717, 1.165) is 19.1 Å². The number of hydrogen-bond donors (Lipinski definition) is 1. The first-order valence-electron chi connectivity index (χ1n) is 6.47. The van der Waals surface area contributed by atoms with Gasteiger partial charge in [-0.1, -0.05) is 13.8 Å². The third-order valence-corrected chi connectivity index (χ3v) is 3.62. The van der Waals surface area contributed by atoms with Gasteiger partial charge in [0.2, 0.25) is 0 Å². The van der Waals surface area contributed by atoms with Gasteiger partial charge in [0.15, 0.2) is 0 Å². The van der Waals surface area contributed by atoms with Gasteiger partial charge in [-0.2, -0.15) is 11.8 Å². The highest BCUT2D eigenvalue weighted by atomic mass is 32.2. The lowest BCUT2D eigenvalue weighted by Gasteiger charge is -2.14. The van der Waals surface area contributed by atoms with E-state index >= 15 is 0 Å². The van der Waals surface area contributed by atoms with E-state index in [9.17, 15) is 0 Å². The van der Waals surface area contributed by atoms with Gasteiger partial charge in [-0.25, -0.2) is 0 Å². The molecule has 0 bridgehead atoms. The molecule has 0 aliphatic rings. The molecule has 0 radical (unpaired) electrons. The molecule has 0 fully saturated rings. The first-order valence-corrected chi connectivity index (χ1v) is 7.62. The van der Waals surface area contributed by atoms with Crippen LogP contribution in [-0.2, 0) is 4.74 Å². The fourth-order valence-corrected chi connectivity index (χ4v) is 2.26. The molecule has 0 aromatic rings. The maximum atomic E-state index is 5.01. The lowest BCUT2D eigenvalue weighted by atomic mass is 10.0. The second-order valence-electron chi connectivity index (χ2n) is 4.79. The van der Waals surface area contributed by atoms with Gasteiger partial charge in [-0.3, -0.25) is 0 Å². The van der Waals surface area contributed by atoms with Crippen molar-refractivity contribution in [3.8, 4) is 0 Å². The molecule has 0 aromatic carbocycles. The van der Waals surface area contributed by atoms with Crippen molar-refractivity contribution in [2.24, 2.45) is 5.92 Å². The minimum atomic E-state index is 0.668. The Bertz CT molecular complexity index is 142. The molecule has 2 nitrogen and oxygen atoms in total. The van der Waals surface area contributed by atoms with Crippen molar-refractivity contribution in [2.45, 2.75) is 46.1 Å². The molecule has 3 heteroatoms. The molecule has 0 heterocycles. The Morgan fingerprint density at radius 2 is 1.88 bits per heavy atom. The van der Waals surface area contributed by atoms with Crippen molar-refractivity contribution in [3.05, 3.63) is 0 Å². The van der Waals surface area contributed by atoms with Crippen molar-refractivity contribution in [1.82, 2.24) is 5.32 Å². The monoisotopic (exact) mass is 247 g/mol. The lowest BCUT2D eigenvalue weighted by molar-refractivity contribution is 0.200. The largest absolute Gasteiger partial charge is 0.385 e. The maximum Gasteiger partial charge on any atom is 0.0470 e. The predicted molar refractivity (Wildman–Crippen MR) is 75.4 cm³/mol. The van der Waals surface area contributed by atoms with Crippen LogP contribution in [0.15, 0.2) is 0 Å². The van der Waals surface area contributed by atoms with Crippen LogP contribution in [0.5, 0.6) is 0 Å². The third-order valence-electron chi connectivity index (χ3n) is 2.55. The van der Waals surface area contributed by atoms with E-state index in [1.54, 1.807) is 7.11 Å². The fraction of sp³-hybridized carbons (Fsp3) is 1.00. The van der Waals surface area contributed by atoms with E-state index in [4.69, 9.17) is 4.74 Å². The number of ether oxygens (including phenoxy) is 1. The van der Waals surface area contributed by atoms with Gasteiger partial charge in [-0.15, -0.1) is 0 Å². The highest BCUT2D eigenvalue weighted by Crippen LogP contribution is 2.06. The van der Waals surface area contributed by atoms with Crippen LogP contribution >= 0.6 is 11.8 Å². The molecule has 1 N–H and O–H groups in total. The molecule has 1 unspecified atom stereocenters. The van der Waals surface area contributed by atoms with E-state index in [1.807, 2.05) is 11.8 Å². The number of nitrogens with one attached hydrogen (secondary N) is 1. The lowest BCUT2D eigenvalue weighted by Crippen LogP contribution is -2.28. The van der Waals surface area contributed by atoms with Crippen LogP contribution < -0.4 is 5.32 Å². The normalized spacial score (nSPS) is 13.3. The second kappa shape index (κ2) is 11.7. The highest BCUT2D eigenvalue weighted by molar-refractivity contribution is 7.99. The Kier molecular flexibility index (Phi) is 11.9. The summed E-state index contributed by atoms with van der Waals surface area (Å²) in [5, 5.41) is 3.58. The van der Waals surface area contributed by atoms with Crippen LogP contribution in [0.3, 0.4) is 0 Å². The third kappa shape index (κ3) is 12.3. The summed E-state index contributed by atoms with van der Waals surface area (Å²) in [7, 11) is 1.77. The highest BCUT2D eigenvalue weighted by Gasteiger charge is 2.02. The van der Waals surface area contributed by atoms with Gasteiger partial charge >= 0.3 is 0 Å². The van der Waals surface area contributed by atoms with E-state index in [1.165, 1.54) is 30.8 Å². The zero-order valence-corrected chi connectivity index (χ0v) is 12.2. The van der Waals surface area contributed by atoms with E-state index < -0.39 is 0 Å². The summed E-state index contributed by atoms with van der Waals surface area (Å²) in [4.78, 5) is 0. The number of hydrogen-bond acceptors (Lipinski definition) is 3. The molecular weight excluding hydrogens is 218 g/mol. The maximum absolute atomic E-state index is 5.01. The zero-order chi connectivity index (χ0) is 12.2. The van der Waals surface area contributed by atoms with Crippen LogP contribution in [0.4, 0.5) is 0 Å². The molecule has 0 aliphatic carbocycles. The van der Waals surface area contributed by atoms with Crippen molar-refractivity contribution in [1.29, 1.82) is 0 Å². The summed E-state index contributed by atoms with van der Waals surface area (Å²) < 4.78 is 5.01. The predicted octanol–water partition coefficient (Wildman–Crippen LogP) is 3.17. The van der Waals surface area contributed by atoms with Gasteiger partial charge in [0.05, 0.1) is 0 Å². The zero-order valence-electron chi connectivity index (χ0n) is 11.4. The minimum Gasteiger partial charge on any atom is -0.385 e. The first kappa shape index (κ1) is 16.3. The first-order chi connectivity index (χ1) is 7.66. The number of rotatable bonds is 11. The molecule has 0 saturated heterocycles. The summed E-state index contributed by atoms with van der Waals surface area (Å²) in [5.74, 6) is 3.26. The van der Waals surface area contributed by atoms with Gasteiger partial charge in [0.25, 0.3) is 0 Å². The average molecular weight is 247 g/mol. The Morgan fingerprint density at radius 3 is 2.50 bits per heavy atom. The smallest absolute Gasteiger partial charge is 0.0470 e. The molecular formula is C13H29NOS. The van der Waals surface area contributed by atoms with E-state index in [0.29, 0.717) is 6.04 Å². The Hall–Kier alpha value is 0.270. The minimum absolute atomic E-state index is 0.668. The summed E-state index contributed by atoms with van der Waals surface area (Å²) >= 11 is 2.02. The molecule has 16 heavy (non-hydrogen) atoms. The Morgan fingerprint density at radius 1 is 1.12 bits per heavy atom. The van der Waals surface area contributed by atoms with Gasteiger partial charge in [-0.05, 0) is 37.9 Å². The molecule has 0 spiro atoms. The number of methoxy groups -OCH3 is 1. The molecule has 1 atom stereocenters. The molecule has 0 aliphatic heterocycles. The van der Waals surface area contributed by atoms with Crippen molar-refractivity contribution < 1.29 is 4.74 Å². The summed E-state index contributed by atoms with van der Waals surface area (Å²) in [6.45, 7) is 8.90. The number of thioether (sulfide) groups is 1. The average Bonchev–Trinajstić information content (AvgIpc) is 2.25. The second-order valence-corrected chi connectivity index (χ2v) is 6.01. The Balaban J connectivity index is 3.12. The van der Waals surface area contributed by atoms with Crippen molar-refractivity contribution in [2.75, 3.05) is 31.8 Å². The van der Waals surface area contributed by atoms with Crippen molar-refractivity contribution >= 4 is 11.8 Å². The quantitative estimate of drug-likeness (QED) is 0.567. The van der Waals surface area contributed by atoms with Gasteiger partial charge < -0.3 is 10.1 Å². The van der Waals surface area contributed by atoms with Gasteiger partial charge in [0, 0.05) is 32.1 Å².